The summed E-state index contributed by atoms with van der Waals surface area (Å²) in [6.07, 6.45) is 2.01. The Balaban J connectivity index is 1.78. The number of aryl methyl sites for hydroxylation is 1. The van der Waals surface area contributed by atoms with Crippen LogP contribution in [0.15, 0.2) is 48.5 Å². The van der Waals surface area contributed by atoms with Crippen molar-refractivity contribution >= 4 is 0 Å². The summed E-state index contributed by atoms with van der Waals surface area (Å²) in [6, 6.07) is 17.6. The molecule has 2 aromatic carbocycles. The van der Waals surface area contributed by atoms with Gasteiger partial charge in [0.15, 0.2) is 0 Å². The zero-order chi connectivity index (χ0) is 15.1. The van der Waals surface area contributed by atoms with E-state index < -0.39 is 0 Å². The van der Waals surface area contributed by atoms with Gasteiger partial charge < -0.3 is 10.4 Å². The molecule has 0 saturated heterocycles. The quantitative estimate of drug-likeness (QED) is 0.853. The topological polar surface area (TPSA) is 56.0 Å². The Kier molecular flexibility index (Phi) is 5.36. The predicted octanol–water partition coefficient (Wildman–Crippen LogP) is 3.37. The van der Waals surface area contributed by atoms with Crippen LogP contribution in [0.3, 0.4) is 0 Å². The number of phenolic OH excluding ortho intramolecular Hbond substituents is 1. The van der Waals surface area contributed by atoms with Gasteiger partial charge in [0.05, 0.1) is 11.6 Å². The number of nitrogens with one attached hydrogen (secondary N) is 1. The third-order valence-electron chi connectivity index (χ3n) is 3.51. The van der Waals surface area contributed by atoms with E-state index in [2.05, 4.69) is 18.3 Å². The van der Waals surface area contributed by atoms with Crippen molar-refractivity contribution in [3.63, 3.8) is 0 Å². The molecule has 1 unspecified atom stereocenters. The van der Waals surface area contributed by atoms with E-state index in [4.69, 9.17) is 5.26 Å². The highest BCUT2D eigenvalue weighted by Gasteiger charge is 2.03. The van der Waals surface area contributed by atoms with E-state index in [1.54, 1.807) is 12.1 Å². The van der Waals surface area contributed by atoms with Gasteiger partial charge in [-0.3, -0.25) is 0 Å². The summed E-state index contributed by atoms with van der Waals surface area (Å²) in [7, 11) is 0. The lowest BCUT2D eigenvalue weighted by Crippen LogP contribution is -2.25. The molecule has 3 nitrogen and oxygen atoms in total. The third-order valence-corrected chi connectivity index (χ3v) is 3.51. The molecule has 2 rings (SSSR count). The Morgan fingerprint density at radius 3 is 2.62 bits per heavy atom. The molecule has 0 aliphatic carbocycles. The summed E-state index contributed by atoms with van der Waals surface area (Å²) < 4.78 is 0. The van der Waals surface area contributed by atoms with Crippen molar-refractivity contribution in [2.45, 2.75) is 32.4 Å². The minimum Gasteiger partial charge on any atom is -0.508 e. The summed E-state index contributed by atoms with van der Waals surface area (Å²) in [4.78, 5) is 0. The monoisotopic (exact) mass is 280 g/mol. The Hall–Kier alpha value is -2.31. The molecule has 0 amide bonds. The van der Waals surface area contributed by atoms with E-state index in [9.17, 15) is 5.11 Å². The maximum absolute atomic E-state index is 9.25. The van der Waals surface area contributed by atoms with Crippen LogP contribution in [0.2, 0.25) is 0 Å². The van der Waals surface area contributed by atoms with Crippen LogP contribution in [0, 0.1) is 11.3 Å². The fraction of sp³-hybridized carbons (Fsp3) is 0.278. The predicted molar refractivity (Wildman–Crippen MR) is 83.9 cm³/mol. The molecule has 0 aliphatic rings. The molecule has 0 saturated carbocycles. The number of benzene rings is 2. The van der Waals surface area contributed by atoms with Crippen LogP contribution in [0.25, 0.3) is 0 Å². The summed E-state index contributed by atoms with van der Waals surface area (Å²) in [5, 5.41) is 21.6. The van der Waals surface area contributed by atoms with Crippen LogP contribution in [-0.4, -0.2) is 11.1 Å². The molecule has 0 aliphatic heterocycles. The molecule has 1 atom stereocenters. The normalized spacial score (nSPS) is 11.8. The molecule has 0 aromatic heterocycles. The Morgan fingerprint density at radius 1 is 1.14 bits per heavy atom. The minimum absolute atomic E-state index is 0.308. The average Bonchev–Trinajstić information content (AvgIpc) is 2.52. The van der Waals surface area contributed by atoms with Gasteiger partial charge in [-0.15, -0.1) is 0 Å². The lowest BCUT2D eigenvalue weighted by Gasteiger charge is -2.14. The van der Waals surface area contributed by atoms with E-state index in [1.807, 2.05) is 36.4 Å². The van der Waals surface area contributed by atoms with E-state index in [0.29, 0.717) is 17.4 Å². The van der Waals surface area contributed by atoms with Gasteiger partial charge in [-0.1, -0.05) is 24.3 Å². The van der Waals surface area contributed by atoms with Crippen LogP contribution >= 0.6 is 0 Å². The Labute approximate surface area is 125 Å². The molecular formula is C18H20N2O. The molecule has 2 N–H and O–H groups in total. The van der Waals surface area contributed by atoms with E-state index >= 15 is 0 Å². The van der Waals surface area contributed by atoms with Gasteiger partial charge in [0.2, 0.25) is 0 Å². The minimum atomic E-state index is 0.308. The van der Waals surface area contributed by atoms with Crippen molar-refractivity contribution in [2.24, 2.45) is 0 Å². The van der Waals surface area contributed by atoms with Crippen molar-refractivity contribution in [3.8, 4) is 11.8 Å². The maximum atomic E-state index is 9.25. The number of rotatable bonds is 6. The molecule has 0 fully saturated rings. The highest BCUT2D eigenvalue weighted by molar-refractivity contribution is 5.32. The fourth-order valence-electron chi connectivity index (χ4n) is 2.19. The number of nitriles is 1. The first kappa shape index (κ1) is 15.1. The third kappa shape index (κ3) is 4.94. The molecule has 21 heavy (non-hydrogen) atoms. The first-order chi connectivity index (χ1) is 10.2. The number of hydrogen-bond acceptors (Lipinski definition) is 3. The van der Waals surface area contributed by atoms with Gasteiger partial charge >= 0.3 is 0 Å². The van der Waals surface area contributed by atoms with Gasteiger partial charge in [0.25, 0.3) is 0 Å². The van der Waals surface area contributed by atoms with Crippen molar-refractivity contribution in [1.29, 1.82) is 5.26 Å². The number of hydrogen-bond donors (Lipinski definition) is 2. The molecule has 0 radical (unpaired) electrons. The standard InChI is InChI=1S/C18H20N2O/c1-14(5-6-15-7-9-18(21)10-8-15)20-13-17-4-2-3-16(11-17)12-19/h2-4,7-11,14,20-21H,5-6,13H2,1H3. The molecule has 0 spiro atoms. The first-order valence-electron chi connectivity index (χ1n) is 7.17. The second kappa shape index (κ2) is 7.47. The number of aromatic hydroxyl groups is 1. The van der Waals surface area contributed by atoms with Gasteiger partial charge in [0.1, 0.15) is 5.75 Å². The van der Waals surface area contributed by atoms with Crippen LogP contribution in [0.4, 0.5) is 0 Å². The largest absolute Gasteiger partial charge is 0.508 e. The molecule has 108 valence electrons. The summed E-state index contributed by atoms with van der Waals surface area (Å²) in [5.74, 6) is 0.308. The smallest absolute Gasteiger partial charge is 0.115 e. The van der Waals surface area contributed by atoms with E-state index in [-0.39, 0.29) is 0 Å². The van der Waals surface area contributed by atoms with Crippen molar-refractivity contribution in [3.05, 3.63) is 65.2 Å². The zero-order valence-electron chi connectivity index (χ0n) is 12.2. The lowest BCUT2D eigenvalue weighted by atomic mass is 10.1. The number of phenols is 1. The van der Waals surface area contributed by atoms with Crippen molar-refractivity contribution in [2.75, 3.05) is 0 Å². The Morgan fingerprint density at radius 2 is 1.90 bits per heavy atom. The molecule has 3 heteroatoms. The van der Waals surface area contributed by atoms with E-state index in [1.165, 1.54) is 5.56 Å². The zero-order valence-corrected chi connectivity index (χ0v) is 12.2. The lowest BCUT2D eigenvalue weighted by molar-refractivity contribution is 0.474. The summed E-state index contributed by atoms with van der Waals surface area (Å²) in [6.45, 7) is 2.93. The van der Waals surface area contributed by atoms with Gasteiger partial charge in [-0.25, -0.2) is 0 Å². The van der Waals surface area contributed by atoms with Crippen LogP contribution in [0.1, 0.15) is 30.0 Å². The first-order valence-corrected chi connectivity index (χ1v) is 7.17. The van der Waals surface area contributed by atoms with E-state index in [0.717, 1.165) is 24.9 Å². The Bertz CT molecular complexity index is 614. The highest BCUT2D eigenvalue weighted by atomic mass is 16.3. The van der Waals surface area contributed by atoms with Crippen LogP contribution < -0.4 is 5.32 Å². The second-order valence-corrected chi connectivity index (χ2v) is 5.30. The molecule has 2 aromatic rings. The average molecular weight is 280 g/mol. The van der Waals surface area contributed by atoms with Gasteiger partial charge in [-0.2, -0.15) is 5.26 Å². The van der Waals surface area contributed by atoms with Gasteiger partial charge in [-0.05, 0) is 55.2 Å². The molecular weight excluding hydrogens is 260 g/mol. The summed E-state index contributed by atoms with van der Waals surface area (Å²) in [5.41, 5.74) is 3.06. The number of nitrogens with zero attached hydrogens (tertiary/aromatic N) is 1. The maximum Gasteiger partial charge on any atom is 0.115 e. The van der Waals surface area contributed by atoms with Crippen LogP contribution in [0.5, 0.6) is 5.75 Å². The SMILES string of the molecule is CC(CCc1ccc(O)cc1)NCc1cccc(C#N)c1. The fourth-order valence-corrected chi connectivity index (χ4v) is 2.19. The van der Waals surface area contributed by atoms with Crippen LogP contribution in [-0.2, 0) is 13.0 Å². The van der Waals surface area contributed by atoms with Crippen molar-refractivity contribution in [1.82, 2.24) is 5.32 Å². The highest BCUT2D eigenvalue weighted by Crippen LogP contribution is 2.12. The van der Waals surface area contributed by atoms with Crippen molar-refractivity contribution < 1.29 is 5.11 Å². The second-order valence-electron chi connectivity index (χ2n) is 5.30. The molecule has 0 heterocycles. The summed E-state index contributed by atoms with van der Waals surface area (Å²) >= 11 is 0. The van der Waals surface area contributed by atoms with Gasteiger partial charge in [0, 0.05) is 12.6 Å². The molecule has 0 bridgehead atoms.